The highest BCUT2D eigenvalue weighted by molar-refractivity contribution is 7.80. The normalized spacial score (nSPS) is 24.6. The van der Waals surface area contributed by atoms with Gasteiger partial charge in [0.15, 0.2) is 5.11 Å². The molecule has 25 heavy (non-hydrogen) atoms. The quantitative estimate of drug-likeness (QED) is 0.789. The van der Waals surface area contributed by atoms with Crippen LogP contribution in [0.15, 0.2) is 24.3 Å². The number of nitrogens with zero attached hydrogens (tertiary/aromatic N) is 2. The molecule has 0 spiro atoms. The van der Waals surface area contributed by atoms with Gasteiger partial charge < -0.3 is 15.0 Å². The maximum Gasteiger partial charge on any atom is 0.269 e. The van der Waals surface area contributed by atoms with Crippen LogP contribution in [0.3, 0.4) is 0 Å². The predicted molar refractivity (Wildman–Crippen MR) is 96.8 cm³/mol. The minimum Gasteiger partial charge on any atom is -0.497 e. The fourth-order valence-corrected chi connectivity index (χ4v) is 4.10. The van der Waals surface area contributed by atoms with Crippen LogP contribution >= 0.6 is 12.2 Å². The van der Waals surface area contributed by atoms with Crippen LogP contribution in [0.25, 0.3) is 0 Å². The van der Waals surface area contributed by atoms with Crippen molar-refractivity contribution in [2.24, 2.45) is 0 Å². The summed E-state index contributed by atoms with van der Waals surface area (Å²) in [7, 11) is 1.56. The molecule has 8 heteroatoms. The largest absolute Gasteiger partial charge is 0.497 e. The lowest BCUT2D eigenvalue weighted by Gasteiger charge is -2.50. The Morgan fingerprint density at radius 3 is 2.52 bits per heavy atom. The molecule has 0 aromatic heterocycles. The molecule has 2 aliphatic rings. The van der Waals surface area contributed by atoms with E-state index in [-0.39, 0.29) is 23.9 Å². The zero-order valence-corrected chi connectivity index (χ0v) is 15.6. The number of rotatable bonds is 3. The number of thiocarbonyl (C=S) groups is 1. The van der Waals surface area contributed by atoms with Gasteiger partial charge in [-0.3, -0.25) is 15.0 Å². The van der Waals surface area contributed by atoms with Crippen LogP contribution in [-0.4, -0.2) is 51.7 Å². The van der Waals surface area contributed by atoms with E-state index in [1.165, 1.54) is 5.01 Å². The Balaban J connectivity index is 1.84. The number of fused-ring (bicyclic) bond motifs is 1. The number of hydrogen-bond acceptors (Lipinski definition) is 4. The Kier molecular flexibility index (Phi) is 4.10. The fourth-order valence-electron chi connectivity index (χ4n) is 3.56. The first-order valence-corrected chi connectivity index (χ1v) is 8.45. The van der Waals surface area contributed by atoms with Gasteiger partial charge in [-0.05, 0) is 57.3 Å². The van der Waals surface area contributed by atoms with Crippen molar-refractivity contribution in [3.8, 4) is 5.75 Å². The molecule has 0 saturated carbocycles. The molecule has 1 aromatic carbocycles. The molecule has 2 saturated heterocycles. The third kappa shape index (κ3) is 3.02. The van der Waals surface area contributed by atoms with E-state index < -0.39 is 5.66 Å². The molecule has 0 radical (unpaired) electrons. The number of methoxy groups -OCH3 is 1. The van der Waals surface area contributed by atoms with Crippen LogP contribution in [0.5, 0.6) is 5.75 Å². The van der Waals surface area contributed by atoms with Gasteiger partial charge in [0, 0.05) is 17.5 Å². The zero-order valence-electron chi connectivity index (χ0n) is 14.8. The van der Waals surface area contributed by atoms with Crippen LogP contribution in [0.2, 0.25) is 0 Å². The Morgan fingerprint density at radius 2 is 1.92 bits per heavy atom. The van der Waals surface area contributed by atoms with Gasteiger partial charge >= 0.3 is 0 Å². The van der Waals surface area contributed by atoms with Crippen LogP contribution in [0, 0.1) is 0 Å². The summed E-state index contributed by atoms with van der Waals surface area (Å²) < 4.78 is 5.10. The summed E-state index contributed by atoms with van der Waals surface area (Å²) in [4.78, 5) is 26.9. The minimum absolute atomic E-state index is 0.140. The SMILES string of the molecule is COc1ccc(C(=O)NN2C(=O)CN3C(=S)NC(C)(C)C[C@@]32C)cc1. The van der Waals surface area contributed by atoms with E-state index in [0.29, 0.717) is 22.8 Å². The first kappa shape index (κ1) is 17.5. The first-order valence-electron chi connectivity index (χ1n) is 8.04. The van der Waals surface area contributed by atoms with Crippen LogP contribution in [0.4, 0.5) is 0 Å². The average Bonchev–Trinajstić information content (AvgIpc) is 2.78. The van der Waals surface area contributed by atoms with Crippen molar-refractivity contribution in [2.75, 3.05) is 13.7 Å². The van der Waals surface area contributed by atoms with Gasteiger partial charge in [0.05, 0.1) is 7.11 Å². The van der Waals surface area contributed by atoms with Crippen LogP contribution in [-0.2, 0) is 4.79 Å². The number of nitrogens with one attached hydrogen (secondary N) is 2. The standard InChI is InChI=1S/C17H22N4O3S/c1-16(2)10-17(3)20(15(25)18-16)9-13(22)21(17)19-14(23)11-5-7-12(24-4)8-6-11/h5-8H,9-10H2,1-4H3,(H,18,25)(H,19,23)/t17-/m0/s1. The van der Waals surface area contributed by atoms with Gasteiger partial charge in [-0.2, -0.15) is 0 Å². The molecule has 2 fully saturated rings. The average molecular weight is 362 g/mol. The second kappa shape index (κ2) is 5.87. The number of hydrogen-bond donors (Lipinski definition) is 2. The van der Waals surface area contributed by atoms with Crippen LogP contribution in [0.1, 0.15) is 37.6 Å². The van der Waals surface area contributed by atoms with Crippen molar-refractivity contribution < 1.29 is 14.3 Å². The number of hydrazine groups is 1. The van der Waals surface area contributed by atoms with E-state index in [4.69, 9.17) is 17.0 Å². The Hall–Kier alpha value is -2.35. The molecular formula is C17H22N4O3S. The van der Waals surface area contributed by atoms with Crippen molar-refractivity contribution in [3.05, 3.63) is 29.8 Å². The highest BCUT2D eigenvalue weighted by Crippen LogP contribution is 2.37. The maximum atomic E-state index is 12.6. The summed E-state index contributed by atoms with van der Waals surface area (Å²) in [5, 5.41) is 5.18. The Morgan fingerprint density at radius 1 is 1.28 bits per heavy atom. The minimum atomic E-state index is -0.703. The number of ether oxygens (including phenoxy) is 1. The molecule has 3 rings (SSSR count). The van der Waals surface area contributed by atoms with Crippen LogP contribution < -0.4 is 15.5 Å². The molecule has 134 valence electrons. The number of benzene rings is 1. The summed E-state index contributed by atoms with van der Waals surface area (Å²) in [5.74, 6) is 0.130. The Bertz CT molecular complexity index is 734. The summed E-state index contributed by atoms with van der Waals surface area (Å²) in [5.41, 5.74) is 2.22. The van der Waals surface area contributed by atoms with Crippen molar-refractivity contribution in [1.29, 1.82) is 0 Å². The van der Waals surface area contributed by atoms with Gasteiger partial charge in [-0.15, -0.1) is 0 Å². The van der Waals surface area contributed by atoms with E-state index in [9.17, 15) is 9.59 Å². The third-order valence-electron chi connectivity index (χ3n) is 4.64. The van der Waals surface area contributed by atoms with Crippen molar-refractivity contribution in [3.63, 3.8) is 0 Å². The topological polar surface area (TPSA) is 73.9 Å². The molecule has 1 aromatic rings. The van der Waals surface area contributed by atoms with Crippen molar-refractivity contribution in [1.82, 2.24) is 20.7 Å². The van der Waals surface area contributed by atoms with E-state index in [2.05, 4.69) is 10.7 Å². The molecule has 2 amide bonds. The highest BCUT2D eigenvalue weighted by atomic mass is 32.1. The van der Waals surface area contributed by atoms with E-state index in [0.717, 1.165) is 0 Å². The fraction of sp³-hybridized carbons (Fsp3) is 0.471. The molecule has 2 heterocycles. The van der Waals surface area contributed by atoms with E-state index in [1.54, 1.807) is 31.4 Å². The molecule has 0 bridgehead atoms. The maximum absolute atomic E-state index is 12.6. The van der Waals surface area contributed by atoms with Gasteiger partial charge in [0.1, 0.15) is 18.0 Å². The number of carbonyl (C=O) groups excluding carboxylic acids is 2. The first-order chi connectivity index (χ1) is 11.7. The molecule has 2 aliphatic heterocycles. The Labute approximate surface area is 152 Å². The van der Waals surface area contributed by atoms with Gasteiger partial charge in [0.25, 0.3) is 11.8 Å². The summed E-state index contributed by atoms with van der Waals surface area (Å²) >= 11 is 5.41. The monoisotopic (exact) mass is 362 g/mol. The molecule has 1 atom stereocenters. The van der Waals surface area contributed by atoms with Gasteiger partial charge in [0.2, 0.25) is 0 Å². The third-order valence-corrected chi connectivity index (χ3v) is 4.96. The lowest BCUT2D eigenvalue weighted by molar-refractivity contribution is -0.134. The molecule has 2 N–H and O–H groups in total. The molecule has 0 unspecified atom stereocenters. The lowest BCUT2D eigenvalue weighted by Crippen LogP contribution is -2.69. The summed E-state index contributed by atoms with van der Waals surface area (Å²) in [6.45, 7) is 6.10. The predicted octanol–water partition coefficient (Wildman–Crippen LogP) is 1.26. The second-order valence-corrected chi connectivity index (χ2v) is 7.58. The molecule has 7 nitrogen and oxygen atoms in total. The second-order valence-electron chi connectivity index (χ2n) is 7.19. The number of carbonyl (C=O) groups is 2. The highest BCUT2D eigenvalue weighted by Gasteiger charge is 2.55. The van der Waals surface area contributed by atoms with E-state index in [1.807, 2.05) is 25.7 Å². The number of amides is 2. The smallest absolute Gasteiger partial charge is 0.269 e. The van der Waals surface area contributed by atoms with E-state index >= 15 is 0 Å². The van der Waals surface area contributed by atoms with Crippen molar-refractivity contribution in [2.45, 2.75) is 38.4 Å². The van der Waals surface area contributed by atoms with Gasteiger partial charge in [-0.1, -0.05) is 0 Å². The summed E-state index contributed by atoms with van der Waals surface area (Å²) in [6, 6.07) is 6.73. The molecule has 0 aliphatic carbocycles. The molecular weight excluding hydrogens is 340 g/mol. The van der Waals surface area contributed by atoms with Gasteiger partial charge in [-0.25, -0.2) is 5.01 Å². The lowest BCUT2D eigenvalue weighted by atomic mass is 9.89. The zero-order chi connectivity index (χ0) is 18.4. The van der Waals surface area contributed by atoms with Crippen molar-refractivity contribution >= 4 is 29.1 Å². The summed E-state index contributed by atoms with van der Waals surface area (Å²) in [6.07, 6.45) is 0.620.